The molecular weight excluding hydrogens is 204 g/mol. The molecule has 90 valence electrons. The smallest absolute Gasteiger partial charge is 0.129 e. The van der Waals surface area contributed by atoms with Crippen LogP contribution in [0.25, 0.3) is 0 Å². The van der Waals surface area contributed by atoms with Crippen LogP contribution in [0.3, 0.4) is 0 Å². The van der Waals surface area contributed by atoms with Gasteiger partial charge in [-0.05, 0) is 20.3 Å². The van der Waals surface area contributed by atoms with Crippen LogP contribution in [0.1, 0.15) is 17.9 Å². The number of rotatable bonds is 6. The molecule has 0 saturated carbocycles. The van der Waals surface area contributed by atoms with Gasteiger partial charge in [-0.2, -0.15) is 0 Å². The minimum Gasteiger partial charge on any atom is -0.383 e. The van der Waals surface area contributed by atoms with E-state index in [1.807, 2.05) is 19.9 Å². The molecule has 1 atom stereocenters. The van der Waals surface area contributed by atoms with Crippen LogP contribution in [-0.2, 0) is 4.74 Å². The first kappa shape index (κ1) is 12.9. The lowest BCUT2D eigenvalue weighted by Crippen LogP contribution is -2.28. The molecule has 3 N–H and O–H groups in total. The Morgan fingerprint density at radius 3 is 2.81 bits per heavy atom. The number of methoxy groups -OCH3 is 1. The monoisotopic (exact) mass is 224 g/mol. The summed E-state index contributed by atoms with van der Waals surface area (Å²) in [6.45, 7) is 5.22. The molecule has 0 radical (unpaired) electrons. The summed E-state index contributed by atoms with van der Waals surface area (Å²) in [4.78, 5) is 8.49. The van der Waals surface area contributed by atoms with E-state index in [2.05, 4.69) is 15.3 Å². The highest BCUT2D eigenvalue weighted by Gasteiger charge is 2.02. The van der Waals surface area contributed by atoms with Gasteiger partial charge in [-0.3, -0.25) is 0 Å². The first-order valence-corrected chi connectivity index (χ1v) is 5.42. The highest BCUT2D eigenvalue weighted by molar-refractivity contribution is 5.35. The number of nitrogens with two attached hydrogens (primary N) is 1. The van der Waals surface area contributed by atoms with E-state index in [1.54, 1.807) is 7.11 Å². The van der Waals surface area contributed by atoms with E-state index in [-0.39, 0.29) is 6.04 Å². The second-order valence-corrected chi connectivity index (χ2v) is 3.87. The molecule has 0 aliphatic rings. The summed E-state index contributed by atoms with van der Waals surface area (Å²) in [5, 5.41) is 3.23. The number of hydrogen-bond acceptors (Lipinski definition) is 5. The summed E-state index contributed by atoms with van der Waals surface area (Å²) in [7, 11) is 1.66. The molecule has 0 bridgehead atoms. The highest BCUT2D eigenvalue weighted by atomic mass is 16.5. The number of ether oxygens (including phenoxy) is 1. The van der Waals surface area contributed by atoms with Crippen LogP contribution >= 0.6 is 0 Å². The van der Waals surface area contributed by atoms with Gasteiger partial charge in [-0.15, -0.1) is 0 Å². The lowest BCUT2D eigenvalue weighted by atomic mass is 10.2. The molecule has 0 fully saturated rings. The van der Waals surface area contributed by atoms with Gasteiger partial charge in [0.15, 0.2) is 0 Å². The molecule has 1 heterocycles. The molecule has 16 heavy (non-hydrogen) atoms. The van der Waals surface area contributed by atoms with Crippen molar-refractivity contribution < 1.29 is 4.74 Å². The summed E-state index contributed by atoms with van der Waals surface area (Å²) in [6.07, 6.45) is 0.857. The standard InChI is InChI=1S/C11H20N4O/c1-8-6-11(15-9(2)14-8)13-5-4-10(12)7-16-3/h6,10H,4-5,7,12H2,1-3H3,(H,13,14,15). The Balaban J connectivity index is 2.37. The average Bonchev–Trinajstić information content (AvgIpc) is 2.16. The van der Waals surface area contributed by atoms with Crippen LogP contribution in [0, 0.1) is 13.8 Å². The third-order valence-corrected chi connectivity index (χ3v) is 2.17. The third kappa shape index (κ3) is 4.55. The number of aryl methyl sites for hydroxylation is 2. The summed E-state index contributed by atoms with van der Waals surface area (Å²) < 4.78 is 4.97. The van der Waals surface area contributed by atoms with Crippen LogP contribution in [0.5, 0.6) is 0 Å². The largest absolute Gasteiger partial charge is 0.383 e. The molecular formula is C11H20N4O. The van der Waals surface area contributed by atoms with Crippen molar-refractivity contribution in [3.05, 3.63) is 17.6 Å². The topological polar surface area (TPSA) is 73.1 Å². The van der Waals surface area contributed by atoms with Crippen molar-refractivity contribution in [1.29, 1.82) is 0 Å². The van der Waals surface area contributed by atoms with Crippen molar-refractivity contribution >= 4 is 5.82 Å². The molecule has 0 saturated heterocycles. The molecule has 1 rings (SSSR count). The number of nitrogens with zero attached hydrogens (tertiary/aromatic N) is 2. The molecule has 0 aliphatic heterocycles. The van der Waals surface area contributed by atoms with Gasteiger partial charge in [-0.25, -0.2) is 9.97 Å². The number of hydrogen-bond donors (Lipinski definition) is 2. The van der Waals surface area contributed by atoms with Crippen LogP contribution < -0.4 is 11.1 Å². The van der Waals surface area contributed by atoms with E-state index < -0.39 is 0 Å². The van der Waals surface area contributed by atoms with Gasteiger partial charge in [0.1, 0.15) is 11.6 Å². The molecule has 0 spiro atoms. The van der Waals surface area contributed by atoms with Crippen LogP contribution in [0.4, 0.5) is 5.82 Å². The van der Waals surface area contributed by atoms with Crippen molar-refractivity contribution in [1.82, 2.24) is 9.97 Å². The fourth-order valence-electron chi connectivity index (χ4n) is 1.49. The van der Waals surface area contributed by atoms with Gasteiger partial charge in [-0.1, -0.05) is 0 Å². The maximum Gasteiger partial charge on any atom is 0.129 e. The van der Waals surface area contributed by atoms with Crippen molar-refractivity contribution in [2.24, 2.45) is 5.73 Å². The van der Waals surface area contributed by atoms with E-state index in [1.165, 1.54) is 0 Å². The Bertz CT molecular complexity index is 310. The van der Waals surface area contributed by atoms with Gasteiger partial charge < -0.3 is 15.8 Å². The summed E-state index contributed by atoms with van der Waals surface area (Å²) in [5.41, 5.74) is 6.78. The maximum atomic E-state index is 5.81. The summed E-state index contributed by atoms with van der Waals surface area (Å²) in [6, 6.07) is 2.00. The Morgan fingerprint density at radius 2 is 2.19 bits per heavy atom. The van der Waals surface area contributed by atoms with Gasteiger partial charge in [0.05, 0.1) is 6.61 Å². The Morgan fingerprint density at radius 1 is 1.44 bits per heavy atom. The normalized spacial score (nSPS) is 12.5. The van der Waals surface area contributed by atoms with Gasteiger partial charge in [0, 0.05) is 31.5 Å². The van der Waals surface area contributed by atoms with Crippen LogP contribution in [-0.4, -0.2) is 36.3 Å². The first-order chi connectivity index (χ1) is 7.61. The predicted molar refractivity (Wildman–Crippen MR) is 64.5 cm³/mol. The fraction of sp³-hybridized carbons (Fsp3) is 0.636. The third-order valence-electron chi connectivity index (χ3n) is 2.17. The van der Waals surface area contributed by atoms with Crippen LogP contribution in [0.2, 0.25) is 0 Å². The van der Waals surface area contributed by atoms with E-state index in [0.717, 1.165) is 30.3 Å². The first-order valence-electron chi connectivity index (χ1n) is 5.42. The van der Waals surface area contributed by atoms with Crippen molar-refractivity contribution in [3.63, 3.8) is 0 Å². The van der Waals surface area contributed by atoms with Gasteiger partial charge >= 0.3 is 0 Å². The zero-order valence-corrected chi connectivity index (χ0v) is 10.2. The van der Waals surface area contributed by atoms with E-state index in [0.29, 0.717) is 6.61 Å². The molecule has 0 amide bonds. The van der Waals surface area contributed by atoms with Gasteiger partial charge in [0.25, 0.3) is 0 Å². The predicted octanol–water partition coefficient (Wildman–Crippen LogP) is 0.869. The zero-order chi connectivity index (χ0) is 12.0. The lowest BCUT2D eigenvalue weighted by molar-refractivity contribution is 0.178. The molecule has 5 heteroatoms. The number of aromatic nitrogens is 2. The molecule has 5 nitrogen and oxygen atoms in total. The lowest BCUT2D eigenvalue weighted by Gasteiger charge is -2.11. The highest BCUT2D eigenvalue weighted by Crippen LogP contribution is 2.05. The minimum absolute atomic E-state index is 0.0709. The molecule has 0 aromatic carbocycles. The Hall–Kier alpha value is -1.20. The molecule has 1 aromatic heterocycles. The number of anilines is 1. The molecule has 1 aromatic rings. The summed E-state index contributed by atoms with van der Waals surface area (Å²) in [5.74, 6) is 1.64. The van der Waals surface area contributed by atoms with E-state index in [4.69, 9.17) is 10.5 Å². The van der Waals surface area contributed by atoms with E-state index in [9.17, 15) is 0 Å². The zero-order valence-electron chi connectivity index (χ0n) is 10.2. The van der Waals surface area contributed by atoms with E-state index >= 15 is 0 Å². The minimum atomic E-state index is 0.0709. The Labute approximate surface area is 96.4 Å². The van der Waals surface area contributed by atoms with Gasteiger partial charge in [0.2, 0.25) is 0 Å². The fourth-order valence-corrected chi connectivity index (χ4v) is 1.49. The van der Waals surface area contributed by atoms with Crippen molar-refractivity contribution in [3.8, 4) is 0 Å². The molecule has 1 unspecified atom stereocenters. The summed E-state index contributed by atoms with van der Waals surface area (Å²) >= 11 is 0. The second kappa shape index (κ2) is 6.40. The molecule has 0 aliphatic carbocycles. The maximum absolute atomic E-state index is 5.81. The quantitative estimate of drug-likeness (QED) is 0.750. The average molecular weight is 224 g/mol. The van der Waals surface area contributed by atoms with Crippen LogP contribution in [0.15, 0.2) is 6.07 Å². The Kier molecular flexibility index (Phi) is 5.14. The van der Waals surface area contributed by atoms with Crippen molar-refractivity contribution in [2.45, 2.75) is 26.3 Å². The SMILES string of the molecule is COCC(N)CCNc1cc(C)nc(C)n1. The van der Waals surface area contributed by atoms with Crippen molar-refractivity contribution in [2.75, 3.05) is 25.6 Å². The second-order valence-electron chi connectivity index (χ2n) is 3.87. The number of nitrogens with one attached hydrogen (secondary N) is 1.